The molecule has 1 saturated carbocycles. The second-order valence-corrected chi connectivity index (χ2v) is 12.9. The van der Waals surface area contributed by atoms with Gasteiger partial charge in [0.15, 0.2) is 0 Å². The van der Waals surface area contributed by atoms with Crippen LogP contribution in [0, 0.1) is 37.4 Å². The van der Waals surface area contributed by atoms with Crippen LogP contribution in [-0.2, 0) is 14.3 Å². The number of ether oxygens (including phenoxy) is 1. The first-order valence-corrected chi connectivity index (χ1v) is 16.3. The quantitative estimate of drug-likeness (QED) is 0.274. The molecule has 1 aromatic carbocycles. The van der Waals surface area contributed by atoms with Gasteiger partial charge in [-0.1, -0.05) is 31.9 Å². The van der Waals surface area contributed by atoms with E-state index in [1.165, 1.54) is 18.5 Å². The third kappa shape index (κ3) is 7.81. The Morgan fingerprint density at radius 1 is 1.05 bits per heavy atom. The number of esters is 1. The summed E-state index contributed by atoms with van der Waals surface area (Å²) in [5.41, 5.74) is 2.78. The van der Waals surface area contributed by atoms with Gasteiger partial charge in [0, 0.05) is 45.1 Å². The van der Waals surface area contributed by atoms with Gasteiger partial charge >= 0.3 is 5.97 Å². The minimum Gasteiger partial charge on any atom is -0.462 e. The van der Waals surface area contributed by atoms with Crippen molar-refractivity contribution in [3.8, 4) is 0 Å². The molecule has 5 atom stereocenters. The Balaban J connectivity index is 1.14. The van der Waals surface area contributed by atoms with E-state index in [-0.39, 0.29) is 41.7 Å². The van der Waals surface area contributed by atoms with Gasteiger partial charge in [-0.2, -0.15) is 0 Å². The maximum atomic E-state index is 14.2. The van der Waals surface area contributed by atoms with E-state index in [9.17, 15) is 18.8 Å². The maximum Gasteiger partial charge on any atom is 0.306 e. The molecule has 2 saturated heterocycles. The lowest BCUT2D eigenvalue weighted by molar-refractivity contribution is -0.149. The number of amides is 2. The van der Waals surface area contributed by atoms with Crippen LogP contribution in [0.2, 0.25) is 0 Å². The molecule has 1 N–H and O–H groups in total. The van der Waals surface area contributed by atoms with Gasteiger partial charge in [-0.25, -0.2) is 14.4 Å². The highest BCUT2D eigenvalue weighted by atomic mass is 19.1. The van der Waals surface area contributed by atoms with Gasteiger partial charge in [0.05, 0.1) is 23.0 Å². The number of likely N-dealkylation sites (tertiary alicyclic amines) is 2. The number of aryl methyl sites for hydroxylation is 2. The predicted molar refractivity (Wildman–Crippen MR) is 164 cm³/mol. The molecule has 44 heavy (non-hydrogen) atoms. The fraction of sp³-hybridized carbons (Fsp3) is 0.618. The third-order valence-electron chi connectivity index (χ3n) is 9.63. The van der Waals surface area contributed by atoms with Crippen LogP contribution in [0.3, 0.4) is 0 Å². The number of hydrogen-bond acceptors (Lipinski definition) is 7. The first-order chi connectivity index (χ1) is 21.2. The Bertz CT molecular complexity index is 1300. The summed E-state index contributed by atoms with van der Waals surface area (Å²) in [5, 5.41) is 3.21. The summed E-state index contributed by atoms with van der Waals surface area (Å²) >= 11 is 0. The minimum absolute atomic E-state index is 0.0100. The number of nitrogens with zero attached hydrogens (tertiary/aromatic N) is 4. The fourth-order valence-electron chi connectivity index (χ4n) is 7.20. The topological polar surface area (TPSA) is 105 Å². The SMILES string of the molecule is CCCCCC(=O)OC1CCC(C(=O)NC(CCN2CC3CN(C(=O)c4c(C)ncnc4C)CC3C2)c2cccc(F)c2)C1. The average Bonchev–Trinajstić information content (AvgIpc) is 3.71. The van der Waals surface area contributed by atoms with E-state index in [4.69, 9.17) is 4.74 Å². The van der Waals surface area contributed by atoms with Gasteiger partial charge < -0.3 is 19.9 Å². The number of nitrogens with one attached hydrogen (secondary N) is 1. The number of rotatable bonds is 12. The molecule has 0 bridgehead atoms. The van der Waals surface area contributed by atoms with Crippen molar-refractivity contribution < 1.29 is 23.5 Å². The number of aromatic nitrogens is 2. The predicted octanol–water partition coefficient (Wildman–Crippen LogP) is 4.78. The van der Waals surface area contributed by atoms with Gasteiger partial charge in [-0.05, 0) is 75.5 Å². The molecule has 9 nitrogen and oxygen atoms in total. The largest absolute Gasteiger partial charge is 0.462 e. The van der Waals surface area contributed by atoms with Gasteiger partial charge in [0.1, 0.15) is 18.2 Å². The van der Waals surface area contributed by atoms with E-state index < -0.39 is 0 Å². The van der Waals surface area contributed by atoms with E-state index >= 15 is 0 Å². The van der Waals surface area contributed by atoms with E-state index in [1.54, 1.807) is 6.07 Å². The zero-order valence-electron chi connectivity index (χ0n) is 26.3. The molecule has 0 radical (unpaired) electrons. The van der Waals surface area contributed by atoms with Crippen LogP contribution in [0.1, 0.15) is 91.6 Å². The summed E-state index contributed by atoms with van der Waals surface area (Å²) in [6.07, 6.45) is 7.14. The molecule has 1 aliphatic carbocycles. The lowest BCUT2D eigenvalue weighted by Crippen LogP contribution is -2.37. The first-order valence-electron chi connectivity index (χ1n) is 16.3. The van der Waals surface area contributed by atoms with Crippen molar-refractivity contribution in [3.63, 3.8) is 0 Å². The Kier molecular flexibility index (Phi) is 10.6. The van der Waals surface area contributed by atoms with Crippen LogP contribution >= 0.6 is 0 Å². The molecule has 238 valence electrons. The van der Waals surface area contributed by atoms with Gasteiger partial charge in [-0.15, -0.1) is 0 Å². The number of carbonyl (C=O) groups is 3. The van der Waals surface area contributed by atoms with Crippen molar-refractivity contribution >= 4 is 17.8 Å². The van der Waals surface area contributed by atoms with E-state index in [0.717, 1.165) is 44.5 Å². The fourth-order valence-corrected chi connectivity index (χ4v) is 7.20. The van der Waals surface area contributed by atoms with Crippen LogP contribution in [0.15, 0.2) is 30.6 Å². The van der Waals surface area contributed by atoms with E-state index in [1.807, 2.05) is 24.8 Å². The van der Waals surface area contributed by atoms with Crippen molar-refractivity contribution in [3.05, 3.63) is 58.9 Å². The maximum absolute atomic E-state index is 14.2. The Morgan fingerprint density at radius 3 is 2.45 bits per heavy atom. The molecule has 3 fully saturated rings. The number of fused-ring (bicyclic) bond motifs is 1. The molecule has 2 aliphatic heterocycles. The van der Waals surface area contributed by atoms with Crippen molar-refractivity contribution in [2.75, 3.05) is 32.7 Å². The molecule has 10 heteroatoms. The Hall–Kier alpha value is -3.40. The smallest absolute Gasteiger partial charge is 0.306 e. The summed E-state index contributed by atoms with van der Waals surface area (Å²) in [5.74, 6) is 0.00812. The average molecular weight is 608 g/mol. The minimum atomic E-state index is -0.326. The number of hydrogen-bond donors (Lipinski definition) is 1. The van der Waals surface area contributed by atoms with Crippen LogP contribution in [0.25, 0.3) is 0 Å². The van der Waals surface area contributed by atoms with Gasteiger partial charge in [-0.3, -0.25) is 14.4 Å². The van der Waals surface area contributed by atoms with Crippen molar-refractivity contribution in [1.82, 2.24) is 25.1 Å². The number of carbonyl (C=O) groups excluding carboxylic acids is 3. The Morgan fingerprint density at radius 2 is 1.77 bits per heavy atom. The monoisotopic (exact) mass is 607 g/mol. The molecule has 2 aromatic rings. The molecule has 0 spiro atoms. The van der Waals surface area contributed by atoms with Gasteiger partial charge in [0.25, 0.3) is 5.91 Å². The van der Waals surface area contributed by atoms with E-state index in [0.29, 0.717) is 74.0 Å². The first kappa shape index (κ1) is 32.0. The third-order valence-corrected chi connectivity index (χ3v) is 9.63. The van der Waals surface area contributed by atoms with Crippen molar-refractivity contribution in [2.24, 2.45) is 17.8 Å². The zero-order chi connectivity index (χ0) is 31.2. The molecular weight excluding hydrogens is 561 g/mol. The summed E-state index contributed by atoms with van der Waals surface area (Å²) in [7, 11) is 0. The molecule has 5 unspecified atom stereocenters. The molecule has 5 rings (SSSR count). The molecule has 2 amide bonds. The van der Waals surface area contributed by atoms with Crippen LogP contribution in [0.4, 0.5) is 4.39 Å². The van der Waals surface area contributed by atoms with Crippen molar-refractivity contribution in [2.45, 2.75) is 84.3 Å². The normalized spacial score (nSPS) is 23.9. The zero-order valence-corrected chi connectivity index (χ0v) is 26.3. The molecular formula is C34H46FN5O4. The summed E-state index contributed by atoms with van der Waals surface area (Å²) in [4.78, 5) is 51.6. The van der Waals surface area contributed by atoms with Crippen molar-refractivity contribution in [1.29, 1.82) is 0 Å². The van der Waals surface area contributed by atoms with E-state index in [2.05, 4.69) is 27.1 Å². The lowest BCUT2D eigenvalue weighted by Gasteiger charge is -2.26. The molecule has 3 heterocycles. The standard InChI is InChI=1S/C34H46FN5O4/c1-4-5-6-10-31(41)44-29-12-11-25(16-29)33(42)38-30(24-8-7-9-28(35)15-24)13-14-39-17-26-19-40(20-27(26)18-39)34(43)32-22(2)36-21-37-23(32)3/h7-9,15,21,25-27,29-30H,4-6,10-14,16-20H2,1-3H3,(H,38,42). The number of benzene rings is 1. The summed E-state index contributed by atoms with van der Waals surface area (Å²) in [6.45, 7) is 9.75. The Labute approximate surface area is 260 Å². The highest BCUT2D eigenvalue weighted by molar-refractivity contribution is 5.96. The highest BCUT2D eigenvalue weighted by Crippen LogP contribution is 2.34. The summed E-state index contributed by atoms with van der Waals surface area (Å²) in [6, 6.07) is 6.14. The lowest BCUT2D eigenvalue weighted by atomic mass is 10.0. The van der Waals surface area contributed by atoms with Gasteiger partial charge in [0.2, 0.25) is 5.91 Å². The summed E-state index contributed by atoms with van der Waals surface area (Å²) < 4.78 is 19.9. The second-order valence-electron chi connectivity index (χ2n) is 12.9. The molecule has 3 aliphatic rings. The number of halogens is 1. The van der Waals surface area contributed by atoms with Crippen LogP contribution < -0.4 is 5.32 Å². The highest BCUT2D eigenvalue weighted by Gasteiger charge is 2.42. The van der Waals surface area contributed by atoms with Crippen LogP contribution in [-0.4, -0.2) is 76.4 Å². The van der Waals surface area contributed by atoms with Crippen LogP contribution in [0.5, 0.6) is 0 Å². The molecule has 1 aromatic heterocycles. The second kappa shape index (κ2) is 14.6. The number of unbranched alkanes of at least 4 members (excludes halogenated alkanes) is 2.